The normalized spacial score (nSPS) is 15.5. The molecule has 0 bridgehead atoms. The number of carbonyl (C=O) groups excluding carboxylic acids is 1. The molecule has 8 nitrogen and oxygen atoms in total. The van der Waals surface area contributed by atoms with Crippen LogP contribution in [0.3, 0.4) is 0 Å². The Hall–Kier alpha value is -3.39. The maximum atomic E-state index is 13.7. The third kappa shape index (κ3) is 5.48. The summed E-state index contributed by atoms with van der Waals surface area (Å²) in [6.45, 7) is 6.72. The minimum absolute atomic E-state index is 0.0909. The lowest BCUT2D eigenvalue weighted by Crippen LogP contribution is -2.31. The predicted molar refractivity (Wildman–Crippen MR) is 134 cm³/mol. The lowest BCUT2D eigenvalue weighted by molar-refractivity contribution is -0.118. The molecule has 3 heterocycles. The van der Waals surface area contributed by atoms with Crippen LogP contribution in [-0.2, 0) is 17.9 Å². The highest BCUT2D eigenvalue weighted by atomic mass is 16.4. The third-order valence-corrected chi connectivity index (χ3v) is 6.50. The summed E-state index contributed by atoms with van der Waals surface area (Å²) in [6, 6.07) is 10.5. The smallest absolute Gasteiger partial charge is 0.255 e. The van der Waals surface area contributed by atoms with Gasteiger partial charge in [0.15, 0.2) is 5.76 Å². The van der Waals surface area contributed by atoms with Gasteiger partial charge in [0.25, 0.3) is 5.56 Å². The second-order valence-electron chi connectivity index (χ2n) is 9.82. The number of hydrogen-bond donors (Lipinski definition) is 2. The Morgan fingerprint density at radius 1 is 1.11 bits per heavy atom. The van der Waals surface area contributed by atoms with Crippen LogP contribution in [0.15, 0.2) is 50.4 Å². The van der Waals surface area contributed by atoms with Gasteiger partial charge in [-0.25, -0.2) is 0 Å². The van der Waals surface area contributed by atoms with Gasteiger partial charge < -0.3 is 19.8 Å². The van der Waals surface area contributed by atoms with Gasteiger partial charge in [-0.05, 0) is 49.4 Å². The Balaban J connectivity index is 1.88. The van der Waals surface area contributed by atoms with Gasteiger partial charge in [-0.2, -0.15) is 0 Å². The number of carbonyl (C=O) groups is 1. The number of rotatable bonds is 8. The van der Waals surface area contributed by atoms with E-state index in [9.17, 15) is 19.5 Å². The van der Waals surface area contributed by atoms with E-state index in [4.69, 9.17) is 10.2 Å². The molecule has 0 spiro atoms. The van der Waals surface area contributed by atoms with Crippen molar-refractivity contribution in [3.63, 3.8) is 0 Å². The highest BCUT2D eigenvalue weighted by Crippen LogP contribution is 2.33. The first-order chi connectivity index (χ1) is 16.7. The summed E-state index contributed by atoms with van der Waals surface area (Å²) in [7, 11) is 0. The van der Waals surface area contributed by atoms with Crippen molar-refractivity contribution in [2.75, 3.05) is 13.1 Å². The fourth-order valence-corrected chi connectivity index (χ4v) is 4.90. The van der Waals surface area contributed by atoms with Crippen molar-refractivity contribution in [1.82, 2.24) is 9.47 Å². The van der Waals surface area contributed by atoms with Crippen LogP contribution in [0, 0.1) is 5.92 Å². The molecule has 2 aromatic heterocycles. The minimum atomic E-state index is -0.989. The number of primary amides is 1. The van der Waals surface area contributed by atoms with Crippen LogP contribution in [0.1, 0.15) is 62.5 Å². The molecule has 186 valence electrons. The SMILES string of the molecule is CC(C)Cn1c(=O)c(C(CC(N)=O)c2oc(CN3CCCCC3)cc(=O)c2O)cc2ccccc21. The fourth-order valence-electron chi connectivity index (χ4n) is 4.90. The molecule has 3 aromatic rings. The van der Waals surface area contributed by atoms with Crippen LogP contribution in [-0.4, -0.2) is 33.6 Å². The number of nitrogens with zero attached hydrogens (tertiary/aromatic N) is 2. The molecular weight excluding hydrogens is 446 g/mol. The topological polar surface area (TPSA) is 119 Å². The highest BCUT2D eigenvalue weighted by molar-refractivity contribution is 5.81. The first-order valence-corrected chi connectivity index (χ1v) is 12.2. The van der Waals surface area contributed by atoms with E-state index in [0.29, 0.717) is 18.8 Å². The van der Waals surface area contributed by atoms with Crippen LogP contribution in [0.5, 0.6) is 5.75 Å². The fraction of sp³-hybridized carbons (Fsp3) is 0.444. The largest absolute Gasteiger partial charge is 0.502 e. The van der Waals surface area contributed by atoms with Crippen LogP contribution in [0.2, 0.25) is 0 Å². The van der Waals surface area contributed by atoms with Crippen molar-refractivity contribution in [3.8, 4) is 5.75 Å². The molecule has 1 aliphatic rings. The maximum absolute atomic E-state index is 13.7. The molecule has 0 saturated carbocycles. The van der Waals surface area contributed by atoms with Gasteiger partial charge >= 0.3 is 0 Å². The van der Waals surface area contributed by atoms with Crippen molar-refractivity contribution in [2.45, 2.75) is 58.5 Å². The second kappa shape index (κ2) is 10.5. The molecule has 1 atom stereocenters. The average molecular weight is 480 g/mol. The number of likely N-dealkylation sites (tertiary alicyclic amines) is 1. The number of piperidine rings is 1. The van der Waals surface area contributed by atoms with Crippen LogP contribution >= 0.6 is 0 Å². The molecule has 0 aliphatic carbocycles. The van der Waals surface area contributed by atoms with Crippen molar-refractivity contribution < 1.29 is 14.3 Å². The number of hydrogen-bond acceptors (Lipinski definition) is 6. The number of fused-ring (bicyclic) bond motifs is 1. The van der Waals surface area contributed by atoms with Crippen molar-refractivity contribution in [1.29, 1.82) is 0 Å². The average Bonchev–Trinajstić information content (AvgIpc) is 2.82. The zero-order valence-corrected chi connectivity index (χ0v) is 20.3. The summed E-state index contributed by atoms with van der Waals surface area (Å²) in [5.74, 6) is -1.76. The molecule has 1 aliphatic heterocycles. The van der Waals surface area contributed by atoms with E-state index in [1.807, 2.05) is 38.1 Å². The zero-order chi connectivity index (χ0) is 25.1. The number of pyridine rings is 1. The molecule has 1 amide bonds. The van der Waals surface area contributed by atoms with E-state index in [-0.39, 0.29) is 29.2 Å². The molecule has 3 N–H and O–H groups in total. The van der Waals surface area contributed by atoms with Crippen LogP contribution in [0.25, 0.3) is 10.9 Å². The summed E-state index contributed by atoms with van der Waals surface area (Å²) >= 11 is 0. The summed E-state index contributed by atoms with van der Waals surface area (Å²) in [4.78, 5) is 40.7. The van der Waals surface area contributed by atoms with E-state index in [2.05, 4.69) is 4.90 Å². The first-order valence-electron chi connectivity index (χ1n) is 12.2. The van der Waals surface area contributed by atoms with E-state index in [1.54, 1.807) is 10.6 Å². The standard InChI is InChI=1S/C27H33N3O5/c1-17(2)15-30-22-9-5-4-8-18(22)12-21(27(30)34)20(14-24(28)32)26-25(33)23(31)13-19(35-26)16-29-10-6-3-7-11-29/h4-5,8-9,12-13,17,20,33H,3,6-7,10-11,14-16H2,1-2H3,(H2,28,32). The summed E-state index contributed by atoms with van der Waals surface area (Å²) in [6.07, 6.45) is 3.05. The molecule has 1 saturated heterocycles. The van der Waals surface area contributed by atoms with Gasteiger partial charge in [0.1, 0.15) is 5.76 Å². The number of aromatic hydroxyl groups is 1. The number of amides is 1. The summed E-state index contributed by atoms with van der Waals surface area (Å²) in [5.41, 5.74) is 5.70. The Morgan fingerprint density at radius 3 is 2.51 bits per heavy atom. The van der Waals surface area contributed by atoms with Crippen molar-refractivity contribution in [3.05, 3.63) is 74.1 Å². The minimum Gasteiger partial charge on any atom is -0.502 e. The zero-order valence-electron chi connectivity index (χ0n) is 20.3. The van der Waals surface area contributed by atoms with Crippen molar-refractivity contribution >= 4 is 16.8 Å². The van der Waals surface area contributed by atoms with Gasteiger partial charge in [-0.15, -0.1) is 0 Å². The molecule has 1 fully saturated rings. The second-order valence-corrected chi connectivity index (χ2v) is 9.82. The molecule has 35 heavy (non-hydrogen) atoms. The number of aromatic nitrogens is 1. The van der Waals surface area contributed by atoms with E-state index in [0.717, 1.165) is 36.8 Å². The van der Waals surface area contributed by atoms with Gasteiger partial charge in [0.05, 0.1) is 18.0 Å². The molecule has 4 rings (SSSR count). The Labute approximate surface area is 204 Å². The van der Waals surface area contributed by atoms with Gasteiger partial charge in [0, 0.05) is 24.6 Å². The monoisotopic (exact) mass is 479 g/mol. The van der Waals surface area contributed by atoms with Crippen molar-refractivity contribution in [2.24, 2.45) is 11.7 Å². The Kier molecular flexibility index (Phi) is 7.40. The van der Waals surface area contributed by atoms with Crippen LogP contribution in [0.4, 0.5) is 0 Å². The highest BCUT2D eigenvalue weighted by Gasteiger charge is 2.29. The maximum Gasteiger partial charge on any atom is 0.255 e. The van der Waals surface area contributed by atoms with E-state index in [1.165, 1.54) is 12.5 Å². The number of benzene rings is 1. The van der Waals surface area contributed by atoms with Gasteiger partial charge in [0.2, 0.25) is 17.1 Å². The lowest BCUT2D eigenvalue weighted by atomic mass is 9.91. The van der Waals surface area contributed by atoms with E-state index >= 15 is 0 Å². The molecular formula is C27H33N3O5. The molecule has 8 heteroatoms. The molecule has 1 unspecified atom stereocenters. The van der Waals surface area contributed by atoms with Gasteiger partial charge in [-0.1, -0.05) is 38.5 Å². The first kappa shape index (κ1) is 24.7. The number of nitrogens with two attached hydrogens (primary N) is 1. The lowest BCUT2D eigenvalue weighted by Gasteiger charge is -2.26. The quantitative estimate of drug-likeness (QED) is 0.512. The summed E-state index contributed by atoms with van der Waals surface area (Å²) < 4.78 is 7.73. The Bertz CT molecular complexity index is 1330. The third-order valence-electron chi connectivity index (χ3n) is 6.50. The Morgan fingerprint density at radius 2 is 1.83 bits per heavy atom. The van der Waals surface area contributed by atoms with E-state index < -0.39 is 23.0 Å². The van der Waals surface area contributed by atoms with Gasteiger partial charge in [-0.3, -0.25) is 19.3 Å². The summed E-state index contributed by atoms with van der Waals surface area (Å²) in [5, 5.41) is 11.5. The predicted octanol–water partition coefficient (Wildman–Crippen LogP) is 3.31. The molecule has 0 radical (unpaired) electrons. The number of para-hydroxylation sites is 1. The molecule has 1 aromatic carbocycles. The van der Waals surface area contributed by atoms with Crippen LogP contribution < -0.4 is 16.7 Å².